The molecule has 0 aromatic carbocycles. The summed E-state index contributed by atoms with van der Waals surface area (Å²) in [5.74, 6) is 1.15. The smallest absolute Gasteiger partial charge is 0.259 e. The SMILES string of the molecule is CCCNS(=O)(=O)c1nc(CC)n2c1C(C)CCC2. The highest BCUT2D eigenvalue weighted by Crippen LogP contribution is 2.32. The van der Waals surface area contributed by atoms with Crippen LogP contribution in [0.25, 0.3) is 0 Å². The number of aromatic nitrogens is 2. The van der Waals surface area contributed by atoms with E-state index >= 15 is 0 Å². The van der Waals surface area contributed by atoms with E-state index in [1.165, 1.54) is 0 Å². The Kier molecular flexibility index (Phi) is 4.30. The van der Waals surface area contributed by atoms with Crippen LogP contribution in [-0.4, -0.2) is 24.5 Å². The largest absolute Gasteiger partial charge is 0.330 e. The maximum absolute atomic E-state index is 12.4. The highest BCUT2D eigenvalue weighted by molar-refractivity contribution is 7.89. The first-order chi connectivity index (χ1) is 9.01. The lowest BCUT2D eigenvalue weighted by Crippen LogP contribution is -2.27. The maximum atomic E-state index is 12.4. The Morgan fingerprint density at radius 3 is 2.79 bits per heavy atom. The fourth-order valence-corrected chi connectivity index (χ4v) is 4.10. The first-order valence-electron chi connectivity index (χ1n) is 7.10. The van der Waals surface area contributed by atoms with Crippen LogP contribution in [0.4, 0.5) is 0 Å². The van der Waals surface area contributed by atoms with Gasteiger partial charge in [0.25, 0.3) is 10.0 Å². The van der Waals surface area contributed by atoms with Gasteiger partial charge in [0, 0.05) is 19.5 Å². The second-order valence-electron chi connectivity index (χ2n) is 5.16. The van der Waals surface area contributed by atoms with Gasteiger partial charge < -0.3 is 4.57 Å². The van der Waals surface area contributed by atoms with Gasteiger partial charge in [-0.1, -0.05) is 20.8 Å². The summed E-state index contributed by atoms with van der Waals surface area (Å²) in [5.41, 5.74) is 0.895. The molecule has 0 bridgehead atoms. The lowest BCUT2D eigenvalue weighted by molar-refractivity contribution is 0.457. The molecule has 1 N–H and O–H groups in total. The topological polar surface area (TPSA) is 64.0 Å². The summed E-state index contributed by atoms with van der Waals surface area (Å²) >= 11 is 0. The van der Waals surface area contributed by atoms with E-state index in [0.717, 1.165) is 43.7 Å². The molecule has 1 aromatic rings. The number of sulfonamides is 1. The molecule has 2 heterocycles. The quantitative estimate of drug-likeness (QED) is 0.900. The Balaban J connectivity index is 2.49. The molecule has 0 saturated heterocycles. The molecule has 2 rings (SSSR count). The van der Waals surface area contributed by atoms with Crippen LogP contribution in [0.1, 0.15) is 57.5 Å². The molecular formula is C13H23N3O2S. The summed E-state index contributed by atoms with van der Waals surface area (Å²) in [6.45, 7) is 7.41. The van der Waals surface area contributed by atoms with E-state index in [2.05, 4.69) is 21.2 Å². The van der Waals surface area contributed by atoms with E-state index in [1.807, 2.05) is 13.8 Å². The first-order valence-corrected chi connectivity index (χ1v) is 8.58. The zero-order chi connectivity index (χ0) is 14.0. The predicted molar refractivity (Wildman–Crippen MR) is 74.7 cm³/mol. The van der Waals surface area contributed by atoms with Gasteiger partial charge in [0.15, 0.2) is 5.03 Å². The van der Waals surface area contributed by atoms with E-state index in [0.29, 0.717) is 6.54 Å². The highest BCUT2D eigenvalue weighted by atomic mass is 32.2. The zero-order valence-electron chi connectivity index (χ0n) is 11.9. The molecule has 1 aliphatic heterocycles. The molecule has 6 heteroatoms. The molecule has 1 atom stereocenters. The monoisotopic (exact) mass is 285 g/mol. The summed E-state index contributed by atoms with van der Waals surface area (Å²) in [5, 5.41) is 0.255. The molecular weight excluding hydrogens is 262 g/mol. The van der Waals surface area contributed by atoms with Crippen molar-refractivity contribution in [3.05, 3.63) is 11.5 Å². The third-order valence-corrected chi connectivity index (χ3v) is 5.04. The Morgan fingerprint density at radius 1 is 1.42 bits per heavy atom. The lowest BCUT2D eigenvalue weighted by Gasteiger charge is -2.23. The Morgan fingerprint density at radius 2 is 2.16 bits per heavy atom. The van der Waals surface area contributed by atoms with Gasteiger partial charge in [-0.05, 0) is 25.2 Å². The van der Waals surface area contributed by atoms with Crippen LogP contribution in [0, 0.1) is 0 Å². The minimum Gasteiger partial charge on any atom is -0.330 e. The molecule has 0 spiro atoms. The van der Waals surface area contributed by atoms with E-state index in [-0.39, 0.29) is 10.9 Å². The fraction of sp³-hybridized carbons (Fsp3) is 0.769. The van der Waals surface area contributed by atoms with Gasteiger partial charge in [-0.2, -0.15) is 0 Å². The minimum absolute atomic E-state index is 0.255. The van der Waals surface area contributed by atoms with E-state index < -0.39 is 10.0 Å². The van der Waals surface area contributed by atoms with E-state index in [9.17, 15) is 8.42 Å². The molecule has 1 aliphatic rings. The molecule has 1 aromatic heterocycles. The molecule has 5 nitrogen and oxygen atoms in total. The van der Waals surface area contributed by atoms with Crippen LogP contribution < -0.4 is 4.72 Å². The summed E-state index contributed by atoms with van der Waals surface area (Å²) in [7, 11) is -3.47. The van der Waals surface area contributed by atoms with Crippen molar-refractivity contribution in [3.63, 3.8) is 0 Å². The van der Waals surface area contributed by atoms with Crippen LogP contribution in [0.15, 0.2) is 5.03 Å². The van der Waals surface area contributed by atoms with Gasteiger partial charge in [-0.25, -0.2) is 18.1 Å². The van der Waals surface area contributed by atoms with Crippen LogP contribution in [0.2, 0.25) is 0 Å². The van der Waals surface area contributed by atoms with E-state index in [1.54, 1.807) is 0 Å². The molecule has 108 valence electrons. The molecule has 19 heavy (non-hydrogen) atoms. The number of fused-ring (bicyclic) bond motifs is 1. The molecule has 0 saturated carbocycles. The van der Waals surface area contributed by atoms with Crippen molar-refractivity contribution in [2.45, 2.75) is 63.9 Å². The average Bonchev–Trinajstić information content (AvgIpc) is 2.77. The van der Waals surface area contributed by atoms with Crippen LogP contribution >= 0.6 is 0 Å². The van der Waals surface area contributed by atoms with Crippen molar-refractivity contribution in [3.8, 4) is 0 Å². The van der Waals surface area contributed by atoms with Crippen LogP contribution in [0.3, 0.4) is 0 Å². The van der Waals surface area contributed by atoms with Crippen LogP contribution in [-0.2, 0) is 23.0 Å². The third kappa shape index (κ3) is 2.69. The second kappa shape index (κ2) is 5.63. The Bertz CT molecular complexity index is 548. The van der Waals surface area contributed by atoms with Gasteiger partial charge in [0.1, 0.15) is 5.82 Å². The third-order valence-electron chi connectivity index (χ3n) is 3.65. The summed E-state index contributed by atoms with van der Waals surface area (Å²) in [4.78, 5) is 4.40. The number of hydrogen-bond donors (Lipinski definition) is 1. The summed E-state index contributed by atoms with van der Waals surface area (Å²) < 4.78 is 29.4. The number of aryl methyl sites for hydroxylation is 1. The fourth-order valence-electron chi connectivity index (χ4n) is 2.68. The average molecular weight is 285 g/mol. The van der Waals surface area contributed by atoms with Crippen molar-refractivity contribution in [2.75, 3.05) is 6.54 Å². The van der Waals surface area contributed by atoms with Gasteiger partial charge in [0.05, 0.1) is 5.69 Å². The number of nitrogens with zero attached hydrogens (tertiary/aromatic N) is 2. The van der Waals surface area contributed by atoms with Gasteiger partial charge in [0.2, 0.25) is 0 Å². The van der Waals surface area contributed by atoms with Crippen molar-refractivity contribution in [2.24, 2.45) is 0 Å². The number of imidazole rings is 1. The first kappa shape index (κ1) is 14.5. The van der Waals surface area contributed by atoms with Gasteiger partial charge >= 0.3 is 0 Å². The predicted octanol–water partition coefficient (Wildman–Crippen LogP) is 2.03. The standard InChI is InChI=1S/C13H23N3O2S/c1-4-8-14-19(17,18)13-12-10(3)7-6-9-16(12)11(5-2)15-13/h10,14H,4-9H2,1-3H3. The minimum atomic E-state index is -3.47. The number of hydrogen-bond acceptors (Lipinski definition) is 3. The van der Waals surface area contributed by atoms with E-state index in [4.69, 9.17) is 0 Å². The Hall–Kier alpha value is -0.880. The molecule has 0 aliphatic carbocycles. The highest BCUT2D eigenvalue weighted by Gasteiger charge is 2.31. The molecule has 0 amide bonds. The molecule has 1 unspecified atom stereocenters. The van der Waals surface area contributed by atoms with Crippen molar-refractivity contribution in [1.29, 1.82) is 0 Å². The number of nitrogens with one attached hydrogen (secondary N) is 1. The molecule has 0 radical (unpaired) electrons. The summed E-state index contributed by atoms with van der Waals surface area (Å²) in [6, 6.07) is 0. The van der Waals surface area contributed by atoms with Crippen LogP contribution in [0.5, 0.6) is 0 Å². The lowest BCUT2D eigenvalue weighted by atomic mass is 9.98. The van der Waals surface area contributed by atoms with Gasteiger partial charge in [-0.3, -0.25) is 0 Å². The maximum Gasteiger partial charge on any atom is 0.259 e. The second-order valence-corrected chi connectivity index (χ2v) is 6.85. The Labute approximate surface area is 115 Å². The van der Waals surface area contributed by atoms with Crippen molar-refractivity contribution >= 4 is 10.0 Å². The number of rotatable bonds is 5. The molecule has 0 fully saturated rings. The normalized spacial score (nSPS) is 19.4. The summed E-state index contributed by atoms with van der Waals surface area (Å²) in [6.07, 6.45) is 3.68. The van der Waals surface area contributed by atoms with Crippen molar-refractivity contribution in [1.82, 2.24) is 14.3 Å². The van der Waals surface area contributed by atoms with Crippen molar-refractivity contribution < 1.29 is 8.42 Å². The van der Waals surface area contributed by atoms with Gasteiger partial charge in [-0.15, -0.1) is 0 Å². The zero-order valence-corrected chi connectivity index (χ0v) is 12.8.